The zero-order valence-electron chi connectivity index (χ0n) is 15.1. The largest absolute Gasteiger partial charge is 0.497 e. The van der Waals surface area contributed by atoms with Gasteiger partial charge < -0.3 is 14.6 Å². The summed E-state index contributed by atoms with van der Waals surface area (Å²) in [5.74, 6) is 0.973. The SMILES string of the molecule is CCC1=NN(C(=O)c2ccc(OC)cc2)[C@@](O)(c2ccc(OC)cc2)C1. The topological polar surface area (TPSA) is 71.4 Å². The molecule has 0 unspecified atom stereocenters. The number of hydrazone groups is 1. The quantitative estimate of drug-likeness (QED) is 0.895. The van der Waals surface area contributed by atoms with E-state index < -0.39 is 5.72 Å². The van der Waals surface area contributed by atoms with Gasteiger partial charge in [0.2, 0.25) is 0 Å². The number of benzene rings is 2. The minimum absolute atomic E-state index is 0.276. The molecule has 136 valence electrons. The van der Waals surface area contributed by atoms with E-state index in [1.54, 1.807) is 62.8 Å². The molecule has 0 spiro atoms. The summed E-state index contributed by atoms with van der Waals surface area (Å²) in [4.78, 5) is 13.0. The number of nitrogens with zero attached hydrogens (tertiary/aromatic N) is 2. The van der Waals surface area contributed by atoms with Gasteiger partial charge in [0.15, 0.2) is 5.72 Å². The van der Waals surface area contributed by atoms with Crippen LogP contribution in [0.3, 0.4) is 0 Å². The van der Waals surface area contributed by atoms with Crippen LogP contribution in [0.1, 0.15) is 35.7 Å². The van der Waals surface area contributed by atoms with Gasteiger partial charge in [0.25, 0.3) is 5.91 Å². The fraction of sp³-hybridized carbons (Fsp3) is 0.300. The van der Waals surface area contributed by atoms with Crippen LogP contribution in [-0.2, 0) is 5.72 Å². The van der Waals surface area contributed by atoms with Crippen molar-refractivity contribution >= 4 is 11.6 Å². The van der Waals surface area contributed by atoms with Crippen molar-refractivity contribution in [3.8, 4) is 11.5 Å². The van der Waals surface area contributed by atoms with E-state index >= 15 is 0 Å². The highest BCUT2D eigenvalue weighted by Crippen LogP contribution is 2.37. The molecule has 2 aromatic carbocycles. The van der Waals surface area contributed by atoms with E-state index in [4.69, 9.17) is 9.47 Å². The fourth-order valence-corrected chi connectivity index (χ4v) is 2.97. The van der Waals surface area contributed by atoms with E-state index in [1.807, 2.05) is 6.92 Å². The molecule has 0 saturated carbocycles. The zero-order valence-corrected chi connectivity index (χ0v) is 15.1. The zero-order chi connectivity index (χ0) is 18.7. The van der Waals surface area contributed by atoms with E-state index in [1.165, 1.54) is 5.01 Å². The maximum Gasteiger partial charge on any atom is 0.276 e. The second kappa shape index (κ2) is 7.17. The van der Waals surface area contributed by atoms with Crippen LogP contribution in [0, 0.1) is 0 Å². The van der Waals surface area contributed by atoms with Crippen molar-refractivity contribution in [2.24, 2.45) is 5.10 Å². The van der Waals surface area contributed by atoms with E-state index in [2.05, 4.69) is 5.10 Å². The van der Waals surface area contributed by atoms with Crippen LogP contribution in [-0.4, -0.2) is 36.0 Å². The molecular formula is C20H22N2O4. The average Bonchev–Trinajstić information content (AvgIpc) is 3.05. The number of methoxy groups -OCH3 is 2. The molecule has 0 aliphatic carbocycles. The molecule has 1 heterocycles. The summed E-state index contributed by atoms with van der Waals surface area (Å²) < 4.78 is 10.3. The molecule has 6 heteroatoms. The molecule has 0 saturated heterocycles. The van der Waals surface area contributed by atoms with Gasteiger partial charge in [-0.2, -0.15) is 10.1 Å². The van der Waals surface area contributed by atoms with Gasteiger partial charge in [-0.05, 0) is 42.8 Å². The van der Waals surface area contributed by atoms with Gasteiger partial charge in [-0.15, -0.1) is 0 Å². The normalized spacial score (nSPS) is 19.2. The van der Waals surface area contributed by atoms with Crippen molar-refractivity contribution in [3.63, 3.8) is 0 Å². The average molecular weight is 354 g/mol. The van der Waals surface area contributed by atoms with E-state index in [0.717, 1.165) is 5.71 Å². The maximum atomic E-state index is 13.0. The van der Waals surface area contributed by atoms with Crippen LogP contribution < -0.4 is 9.47 Å². The molecule has 1 amide bonds. The van der Waals surface area contributed by atoms with Crippen LogP contribution >= 0.6 is 0 Å². The summed E-state index contributed by atoms with van der Waals surface area (Å²) >= 11 is 0. The third-order valence-electron chi connectivity index (χ3n) is 4.53. The molecular weight excluding hydrogens is 332 g/mol. The summed E-state index contributed by atoms with van der Waals surface area (Å²) in [6, 6.07) is 13.8. The first-order valence-corrected chi connectivity index (χ1v) is 8.43. The van der Waals surface area contributed by atoms with Crippen LogP contribution in [0.4, 0.5) is 0 Å². The molecule has 1 aliphatic heterocycles. The van der Waals surface area contributed by atoms with Gasteiger partial charge in [0, 0.05) is 23.3 Å². The highest BCUT2D eigenvalue weighted by molar-refractivity contribution is 5.98. The lowest BCUT2D eigenvalue weighted by Crippen LogP contribution is -2.43. The lowest BCUT2D eigenvalue weighted by atomic mass is 9.96. The number of amides is 1. The van der Waals surface area contributed by atoms with E-state index in [0.29, 0.717) is 29.0 Å². The smallest absolute Gasteiger partial charge is 0.276 e. The highest BCUT2D eigenvalue weighted by atomic mass is 16.5. The monoisotopic (exact) mass is 354 g/mol. The summed E-state index contributed by atoms with van der Waals surface area (Å²) in [5, 5.41) is 16.9. The number of rotatable bonds is 5. The Morgan fingerprint density at radius 2 is 1.62 bits per heavy atom. The number of carbonyl (C=O) groups is 1. The molecule has 0 fully saturated rings. The Kier molecular flexibility index (Phi) is 4.95. The van der Waals surface area contributed by atoms with E-state index in [9.17, 15) is 9.90 Å². The minimum Gasteiger partial charge on any atom is -0.497 e. The second-order valence-corrected chi connectivity index (χ2v) is 6.09. The number of aliphatic hydroxyl groups is 1. The molecule has 3 rings (SSSR count). The summed E-state index contributed by atoms with van der Waals surface area (Å²) in [7, 11) is 3.15. The van der Waals surface area contributed by atoms with Crippen LogP contribution in [0.25, 0.3) is 0 Å². The van der Waals surface area contributed by atoms with Crippen LogP contribution in [0.15, 0.2) is 53.6 Å². The first-order chi connectivity index (χ1) is 12.5. The summed E-state index contributed by atoms with van der Waals surface area (Å²) in [6.45, 7) is 1.95. The van der Waals surface area contributed by atoms with Gasteiger partial charge in [-0.25, -0.2) is 0 Å². The molecule has 6 nitrogen and oxygen atoms in total. The number of carbonyl (C=O) groups excluding carboxylic acids is 1. The van der Waals surface area contributed by atoms with Crippen molar-refractivity contribution in [1.29, 1.82) is 0 Å². The number of ether oxygens (including phenoxy) is 2. The second-order valence-electron chi connectivity index (χ2n) is 6.09. The predicted molar refractivity (Wildman–Crippen MR) is 98.4 cm³/mol. The Hall–Kier alpha value is -2.86. The van der Waals surface area contributed by atoms with Crippen molar-refractivity contribution in [1.82, 2.24) is 5.01 Å². The Balaban J connectivity index is 1.97. The Morgan fingerprint density at radius 1 is 1.08 bits per heavy atom. The molecule has 0 aromatic heterocycles. The standard InChI is InChI=1S/C20H22N2O4/c1-4-16-13-20(24,15-7-11-18(26-3)12-8-15)22(21-16)19(23)14-5-9-17(25-2)10-6-14/h5-12,24H,4,13H2,1-3H3/t20-/m0/s1. The van der Waals surface area contributed by atoms with Crippen LogP contribution in [0.2, 0.25) is 0 Å². The third kappa shape index (κ3) is 3.15. The maximum absolute atomic E-state index is 13.0. The van der Waals surface area contributed by atoms with Crippen molar-refractivity contribution in [3.05, 3.63) is 59.7 Å². The summed E-state index contributed by atoms with van der Waals surface area (Å²) in [6.07, 6.45) is 0.933. The van der Waals surface area contributed by atoms with Crippen LogP contribution in [0.5, 0.6) is 11.5 Å². The van der Waals surface area contributed by atoms with Gasteiger partial charge in [-0.1, -0.05) is 19.1 Å². The molecule has 26 heavy (non-hydrogen) atoms. The van der Waals surface area contributed by atoms with Gasteiger partial charge in [-0.3, -0.25) is 4.79 Å². The lowest BCUT2D eigenvalue weighted by Gasteiger charge is -2.31. The van der Waals surface area contributed by atoms with Crippen molar-refractivity contribution in [2.45, 2.75) is 25.5 Å². The molecule has 2 aromatic rings. The van der Waals surface area contributed by atoms with Crippen molar-refractivity contribution < 1.29 is 19.4 Å². The first-order valence-electron chi connectivity index (χ1n) is 8.43. The number of hydrogen-bond donors (Lipinski definition) is 1. The molecule has 0 bridgehead atoms. The molecule has 1 N–H and O–H groups in total. The third-order valence-corrected chi connectivity index (χ3v) is 4.53. The van der Waals surface area contributed by atoms with E-state index in [-0.39, 0.29) is 12.3 Å². The molecule has 1 atom stereocenters. The number of hydrogen-bond acceptors (Lipinski definition) is 5. The fourth-order valence-electron chi connectivity index (χ4n) is 2.97. The highest BCUT2D eigenvalue weighted by Gasteiger charge is 2.45. The molecule has 0 radical (unpaired) electrons. The van der Waals surface area contributed by atoms with Gasteiger partial charge >= 0.3 is 0 Å². The minimum atomic E-state index is -1.52. The lowest BCUT2D eigenvalue weighted by molar-refractivity contribution is -0.0765. The first kappa shape index (κ1) is 17.9. The van der Waals surface area contributed by atoms with Crippen molar-refractivity contribution in [2.75, 3.05) is 14.2 Å². The van der Waals surface area contributed by atoms with Gasteiger partial charge in [0.1, 0.15) is 11.5 Å². The molecule has 1 aliphatic rings. The predicted octanol–water partition coefficient (Wildman–Crippen LogP) is 3.16. The Labute approximate surface area is 152 Å². The summed E-state index contributed by atoms with van der Waals surface area (Å²) in [5.41, 5.74) is 0.269. The van der Waals surface area contributed by atoms with Gasteiger partial charge in [0.05, 0.1) is 14.2 Å². The Morgan fingerprint density at radius 3 is 2.12 bits per heavy atom. The Bertz CT molecular complexity index is 815.